The van der Waals surface area contributed by atoms with Crippen LogP contribution in [0.4, 0.5) is 0 Å². The van der Waals surface area contributed by atoms with Gasteiger partial charge in [0.25, 0.3) is 0 Å². The van der Waals surface area contributed by atoms with E-state index < -0.39 is 9.84 Å². The Balaban J connectivity index is 3.81. The number of carbonyl (C=O) groups excluding carboxylic acids is 1. The molecule has 0 rings (SSSR count). The Labute approximate surface area is 91.5 Å². The molecule has 0 aliphatic heterocycles. The van der Waals surface area contributed by atoms with Gasteiger partial charge in [0.2, 0.25) is 5.91 Å². The van der Waals surface area contributed by atoms with Crippen molar-refractivity contribution in [1.29, 1.82) is 0 Å². The van der Waals surface area contributed by atoms with Gasteiger partial charge in [-0.3, -0.25) is 4.79 Å². The lowest BCUT2D eigenvalue weighted by Gasteiger charge is -2.13. The molecule has 0 spiro atoms. The van der Waals surface area contributed by atoms with Gasteiger partial charge in [-0.1, -0.05) is 0 Å². The fraction of sp³-hybridized carbons (Fsp3) is 0.889. The zero-order valence-electron chi connectivity index (χ0n) is 9.70. The lowest BCUT2D eigenvalue weighted by Crippen LogP contribution is -2.42. The molecule has 6 heteroatoms. The predicted molar refractivity (Wildman–Crippen MR) is 60.5 cm³/mol. The second-order valence-corrected chi connectivity index (χ2v) is 6.28. The third-order valence-corrected chi connectivity index (χ3v) is 2.72. The molecule has 0 fully saturated rings. The van der Waals surface area contributed by atoms with E-state index in [1.165, 1.54) is 6.26 Å². The van der Waals surface area contributed by atoms with Gasteiger partial charge in [-0.05, 0) is 20.8 Å². The second kappa shape index (κ2) is 6.07. The van der Waals surface area contributed by atoms with E-state index >= 15 is 0 Å². The van der Waals surface area contributed by atoms with Crippen LogP contribution in [0.1, 0.15) is 20.8 Å². The van der Waals surface area contributed by atoms with Crippen molar-refractivity contribution in [3.05, 3.63) is 0 Å². The molecule has 0 aromatic heterocycles. The summed E-state index contributed by atoms with van der Waals surface area (Å²) in [5.74, 6) is -0.0764. The first-order valence-corrected chi connectivity index (χ1v) is 6.97. The van der Waals surface area contributed by atoms with Gasteiger partial charge in [-0.2, -0.15) is 0 Å². The summed E-state index contributed by atoms with van der Waals surface area (Å²) in [5.41, 5.74) is 0. The molecule has 0 saturated carbocycles. The van der Waals surface area contributed by atoms with E-state index in [4.69, 9.17) is 0 Å². The Hall–Kier alpha value is -0.620. The third-order valence-electron chi connectivity index (χ3n) is 1.61. The van der Waals surface area contributed by atoms with Crippen molar-refractivity contribution < 1.29 is 13.2 Å². The first-order valence-electron chi connectivity index (χ1n) is 4.91. The summed E-state index contributed by atoms with van der Waals surface area (Å²) in [6.07, 6.45) is 1.18. The normalized spacial score (nSPS) is 13.9. The molecular weight excluding hydrogens is 216 g/mol. The van der Waals surface area contributed by atoms with Gasteiger partial charge >= 0.3 is 0 Å². The van der Waals surface area contributed by atoms with E-state index in [9.17, 15) is 13.2 Å². The first kappa shape index (κ1) is 14.4. The Morgan fingerprint density at radius 2 is 1.80 bits per heavy atom. The van der Waals surface area contributed by atoms with E-state index in [1.807, 2.05) is 13.8 Å². The van der Waals surface area contributed by atoms with Crippen molar-refractivity contribution in [2.24, 2.45) is 0 Å². The van der Waals surface area contributed by atoms with Crippen LogP contribution in [0, 0.1) is 0 Å². The van der Waals surface area contributed by atoms with Crippen LogP contribution in [-0.2, 0) is 14.6 Å². The van der Waals surface area contributed by atoms with Crippen LogP contribution in [0.3, 0.4) is 0 Å². The van der Waals surface area contributed by atoms with Gasteiger partial charge in [0.1, 0.15) is 9.84 Å². The minimum atomic E-state index is -2.99. The van der Waals surface area contributed by atoms with Crippen LogP contribution in [-0.4, -0.2) is 45.0 Å². The second-order valence-electron chi connectivity index (χ2n) is 4.10. The molecule has 0 bridgehead atoms. The minimum Gasteiger partial charge on any atom is -0.353 e. The molecule has 0 heterocycles. The summed E-state index contributed by atoms with van der Waals surface area (Å²) in [4.78, 5) is 11.2. The third kappa shape index (κ3) is 9.68. The molecule has 0 aliphatic rings. The van der Waals surface area contributed by atoms with Gasteiger partial charge in [-0.15, -0.1) is 0 Å². The SMILES string of the molecule is CC(C)NC(=O)CNC(C)CS(C)(=O)=O. The van der Waals surface area contributed by atoms with Gasteiger partial charge in [0, 0.05) is 18.3 Å². The van der Waals surface area contributed by atoms with E-state index in [-0.39, 0.29) is 30.3 Å². The fourth-order valence-electron chi connectivity index (χ4n) is 1.15. The molecule has 1 atom stereocenters. The number of nitrogens with one attached hydrogen (secondary N) is 2. The molecule has 90 valence electrons. The Bertz CT molecular complexity index is 298. The Kier molecular flexibility index (Phi) is 5.82. The maximum Gasteiger partial charge on any atom is 0.234 e. The molecule has 1 unspecified atom stereocenters. The highest BCUT2D eigenvalue weighted by Gasteiger charge is 2.11. The summed E-state index contributed by atoms with van der Waals surface area (Å²) in [7, 11) is -2.99. The number of rotatable bonds is 6. The average Bonchev–Trinajstić information content (AvgIpc) is 1.96. The van der Waals surface area contributed by atoms with Crippen LogP contribution in [0.15, 0.2) is 0 Å². The van der Waals surface area contributed by atoms with Crippen molar-refractivity contribution in [2.45, 2.75) is 32.9 Å². The maximum absolute atomic E-state index is 11.2. The van der Waals surface area contributed by atoms with E-state index in [2.05, 4.69) is 10.6 Å². The highest BCUT2D eigenvalue weighted by Crippen LogP contribution is 1.89. The van der Waals surface area contributed by atoms with Crippen LogP contribution < -0.4 is 10.6 Å². The number of hydrogen-bond donors (Lipinski definition) is 2. The molecule has 0 radical (unpaired) electrons. The molecule has 1 amide bonds. The van der Waals surface area contributed by atoms with Gasteiger partial charge in [-0.25, -0.2) is 8.42 Å². The Morgan fingerprint density at radius 3 is 2.20 bits per heavy atom. The van der Waals surface area contributed by atoms with Crippen molar-refractivity contribution >= 4 is 15.7 Å². The summed E-state index contributed by atoms with van der Waals surface area (Å²) in [5, 5.41) is 5.56. The number of carbonyl (C=O) groups is 1. The quantitative estimate of drug-likeness (QED) is 0.654. The largest absolute Gasteiger partial charge is 0.353 e. The smallest absolute Gasteiger partial charge is 0.234 e. The molecule has 15 heavy (non-hydrogen) atoms. The first-order chi connectivity index (χ1) is 6.70. The summed E-state index contributed by atoms with van der Waals surface area (Å²) >= 11 is 0. The van der Waals surface area contributed by atoms with E-state index in [0.29, 0.717) is 0 Å². The fourth-order valence-corrected chi connectivity index (χ4v) is 2.18. The standard InChI is InChI=1S/C9H20N2O3S/c1-7(2)11-9(12)5-10-8(3)6-15(4,13)14/h7-8,10H,5-6H2,1-4H3,(H,11,12). The lowest BCUT2D eigenvalue weighted by atomic mass is 10.3. The van der Waals surface area contributed by atoms with Gasteiger partial charge in [0.15, 0.2) is 0 Å². The minimum absolute atomic E-state index is 0.0436. The lowest BCUT2D eigenvalue weighted by molar-refractivity contribution is -0.120. The molecule has 0 aliphatic carbocycles. The number of sulfone groups is 1. The average molecular weight is 236 g/mol. The number of amides is 1. The van der Waals surface area contributed by atoms with Crippen molar-refractivity contribution in [3.63, 3.8) is 0 Å². The molecule has 2 N–H and O–H groups in total. The van der Waals surface area contributed by atoms with Crippen molar-refractivity contribution in [2.75, 3.05) is 18.6 Å². The van der Waals surface area contributed by atoms with Crippen LogP contribution in [0.2, 0.25) is 0 Å². The topological polar surface area (TPSA) is 75.3 Å². The molecule has 5 nitrogen and oxygen atoms in total. The van der Waals surface area contributed by atoms with Crippen LogP contribution >= 0.6 is 0 Å². The molecular formula is C9H20N2O3S. The van der Waals surface area contributed by atoms with Crippen LogP contribution in [0.5, 0.6) is 0 Å². The van der Waals surface area contributed by atoms with Crippen molar-refractivity contribution in [1.82, 2.24) is 10.6 Å². The van der Waals surface area contributed by atoms with Gasteiger partial charge < -0.3 is 10.6 Å². The molecule has 0 aromatic rings. The number of hydrogen-bond acceptors (Lipinski definition) is 4. The molecule has 0 aromatic carbocycles. The van der Waals surface area contributed by atoms with Crippen LogP contribution in [0.25, 0.3) is 0 Å². The van der Waals surface area contributed by atoms with Gasteiger partial charge in [0.05, 0.1) is 12.3 Å². The van der Waals surface area contributed by atoms with E-state index in [0.717, 1.165) is 0 Å². The van der Waals surface area contributed by atoms with Crippen molar-refractivity contribution in [3.8, 4) is 0 Å². The summed E-state index contributed by atoms with van der Waals surface area (Å²) < 4.78 is 21.8. The molecule has 0 saturated heterocycles. The highest BCUT2D eigenvalue weighted by atomic mass is 32.2. The monoisotopic (exact) mass is 236 g/mol. The zero-order chi connectivity index (χ0) is 12.1. The predicted octanol–water partition coefficient (Wildman–Crippen LogP) is -0.466. The zero-order valence-corrected chi connectivity index (χ0v) is 10.5. The van der Waals surface area contributed by atoms with E-state index in [1.54, 1.807) is 6.92 Å². The Morgan fingerprint density at radius 1 is 1.27 bits per heavy atom. The summed E-state index contributed by atoms with van der Waals surface area (Å²) in [6.45, 7) is 5.63. The highest BCUT2D eigenvalue weighted by molar-refractivity contribution is 7.90. The summed E-state index contributed by atoms with van der Waals surface area (Å²) in [6, 6.07) is -0.109. The maximum atomic E-state index is 11.2.